The number of nitrogens with zero attached hydrogens (tertiary/aromatic N) is 1. The lowest BCUT2D eigenvalue weighted by Gasteiger charge is -2.36. The third-order valence-corrected chi connectivity index (χ3v) is 5.97. The van der Waals surface area contributed by atoms with Crippen LogP contribution in [-0.4, -0.2) is 37.8 Å². The number of ether oxygens (including phenoxy) is 1. The fourth-order valence-corrected chi connectivity index (χ4v) is 4.06. The van der Waals surface area contributed by atoms with Crippen LogP contribution >= 0.6 is 0 Å². The molecule has 0 aliphatic carbocycles. The van der Waals surface area contributed by atoms with Gasteiger partial charge in [-0.3, -0.25) is 4.84 Å². The molecule has 0 saturated heterocycles. The van der Waals surface area contributed by atoms with Gasteiger partial charge in [-0.2, -0.15) is 5.06 Å². The molecule has 7 nitrogen and oxygen atoms in total. The molecule has 2 aromatic carbocycles. The maximum absolute atomic E-state index is 12.8. The molecule has 0 fully saturated rings. The van der Waals surface area contributed by atoms with Crippen LogP contribution in [-0.2, 0) is 19.6 Å². The molecule has 0 radical (unpaired) electrons. The normalized spacial score (nSPS) is 19.3. The van der Waals surface area contributed by atoms with Gasteiger partial charge in [0.2, 0.25) is 10.0 Å². The molecule has 166 valence electrons. The Labute approximate surface area is 183 Å². The number of rotatable bonds is 5. The average Bonchev–Trinajstić information content (AvgIpc) is 2.72. The summed E-state index contributed by atoms with van der Waals surface area (Å²) in [5.41, 5.74) is 1.12. The Bertz CT molecular complexity index is 1030. The fourth-order valence-electron chi connectivity index (χ4n) is 3.01. The standard InChI is InChI=1S/C23H28N2O5S/c1-17-10-13-20(14-11-17)31(27,28)24-16-19-12-15-21(18-8-6-5-7-9-18)25(30-19)22(26)29-23(2,3)4/h5-15,19,21,24H,16H2,1-4H3/t19-,21+/m1/s1. The molecule has 1 aliphatic heterocycles. The zero-order chi connectivity index (χ0) is 22.6. The van der Waals surface area contributed by atoms with Crippen molar-refractivity contribution >= 4 is 16.1 Å². The van der Waals surface area contributed by atoms with Gasteiger partial charge in [-0.15, -0.1) is 0 Å². The first kappa shape index (κ1) is 23.0. The molecule has 1 N–H and O–H groups in total. The predicted octanol–water partition coefficient (Wildman–Crippen LogP) is 4.12. The smallest absolute Gasteiger partial charge is 0.435 e. The van der Waals surface area contributed by atoms with Gasteiger partial charge in [0.15, 0.2) is 0 Å². The number of hydrogen-bond donors (Lipinski definition) is 1. The van der Waals surface area contributed by atoms with Gasteiger partial charge in [0, 0.05) is 6.54 Å². The molecule has 1 amide bonds. The number of amides is 1. The molecule has 0 bridgehead atoms. The van der Waals surface area contributed by atoms with Crippen molar-refractivity contribution in [2.24, 2.45) is 0 Å². The zero-order valence-corrected chi connectivity index (χ0v) is 18.9. The van der Waals surface area contributed by atoms with E-state index in [-0.39, 0.29) is 11.4 Å². The Balaban J connectivity index is 1.77. The summed E-state index contributed by atoms with van der Waals surface area (Å²) in [6.07, 6.45) is 2.24. The first-order valence-electron chi connectivity index (χ1n) is 10.0. The van der Waals surface area contributed by atoms with Crippen LogP contribution in [0.1, 0.15) is 37.9 Å². The van der Waals surface area contributed by atoms with Crippen LogP contribution < -0.4 is 4.72 Å². The summed E-state index contributed by atoms with van der Waals surface area (Å²) in [4.78, 5) is 18.8. The third kappa shape index (κ3) is 6.16. The Morgan fingerprint density at radius 3 is 2.32 bits per heavy atom. The van der Waals surface area contributed by atoms with Crippen LogP contribution in [0.4, 0.5) is 4.79 Å². The van der Waals surface area contributed by atoms with Crippen LogP contribution in [0.2, 0.25) is 0 Å². The monoisotopic (exact) mass is 444 g/mol. The topological polar surface area (TPSA) is 84.9 Å². The minimum absolute atomic E-state index is 0.0342. The first-order valence-corrected chi connectivity index (χ1v) is 11.5. The second kappa shape index (κ2) is 9.21. The molecule has 3 rings (SSSR count). The number of sulfonamides is 1. The minimum Gasteiger partial charge on any atom is -0.442 e. The van der Waals surface area contributed by atoms with Crippen LogP contribution in [0.15, 0.2) is 71.6 Å². The van der Waals surface area contributed by atoms with Gasteiger partial charge < -0.3 is 4.74 Å². The van der Waals surface area contributed by atoms with E-state index in [1.807, 2.05) is 43.3 Å². The number of hydrogen-bond acceptors (Lipinski definition) is 5. The molecular weight excluding hydrogens is 416 g/mol. The molecule has 2 atom stereocenters. The van der Waals surface area contributed by atoms with E-state index in [1.54, 1.807) is 51.1 Å². The molecule has 0 unspecified atom stereocenters. The van der Waals surface area contributed by atoms with Crippen molar-refractivity contribution in [2.45, 2.75) is 50.3 Å². The Kier molecular flexibility index (Phi) is 6.83. The lowest BCUT2D eigenvalue weighted by molar-refractivity contribution is -0.189. The lowest BCUT2D eigenvalue weighted by Crippen LogP contribution is -2.45. The summed E-state index contributed by atoms with van der Waals surface area (Å²) in [5, 5.41) is 1.16. The van der Waals surface area contributed by atoms with Gasteiger partial charge in [-0.05, 0) is 45.4 Å². The second-order valence-electron chi connectivity index (χ2n) is 8.36. The lowest BCUT2D eigenvalue weighted by atomic mass is 10.0. The molecule has 8 heteroatoms. The molecule has 1 heterocycles. The highest BCUT2D eigenvalue weighted by molar-refractivity contribution is 7.89. The first-order chi connectivity index (χ1) is 14.5. The van der Waals surface area contributed by atoms with E-state index in [0.717, 1.165) is 16.2 Å². The largest absolute Gasteiger partial charge is 0.442 e. The van der Waals surface area contributed by atoms with Crippen molar-refractivity contribution in [3.05, 3.63) is 77.9 Å². The van der Waals surface area contributed by atoms with E-state index in [9.17, 15) is 13.2 Å². The summed E-state index contributed by atoms with van der Waals surface area (Å²) >= 11 is 0. The van der Waals surface area contributed by atoms with E-state index in [0.29, 0.717) is 0 Å². The molecule has 0 aromatic heterocycles. The van der Waals surface area contributed by atoms with E-state index in [2.05, 4.69) is 4.72 Å². The number of benzene rings is 2. The van der Waals surface area contributed by atoms with E-state index >= 15 is 0 Å². The minimum atomic E-state index is -3.71. The zero-order valence-electron chi connectivity index (χ0n) is 18.1. The van der Waals surface area contributed by atoms with Crippen molar-refractivity contribution in [1.82, 2.24) is 9.79 Å². The molecule has 0 saturated carbocycles. The molecule has 0 spiro atoms. The average molecular weight is 445 g/mol. The van der Waals surface area contributed by atoms with E-state index in [4.69, 9.17) is 9.57 Å². The van der Waals surface area contributed by atoms with Crippen LogP contribution in [0, 0.1) is 6.92 Å². The Hall–Kier alpha value is -2.68. The highest BCUT2D eigenvalue weighted by Crippen LogP contribution is 2.29. The summed E-state index contributed by atoms with van der Waals surface area (Å²) in [5.74, 6) is 0. The number of carbonyl (C=O) groups is 1. The quantitative estimate of drug-likeness (QED) is 0.701. The number of aryl methyl sites for hydroxylation is 1. The van der Waals surface area contributed by atoms with Crippen LogP contribution in [0.25, 0.3) is 0 Å². The van der Waals surface area contributed by atoms with Gasteiger partial charge in [0.1, 0.15) is 17.7 Å². The summed E-state index contributed by atoms with van der Waals surface area (Å²) in [6, 6.07) is 15.5. The van der Waals surface area contributed by atoms with Gasteiger partial charge >= 0.3 is 6.09 Å². The highest BCUT2D eigenvalue weighted by Gasteiger charge is 2.34. The summed E-state index contributed by atoms with van der Waals surface area (Å²) < 4.78 is 33.2. The fraction of sp³-hybridized carbons (Fsp3) is 0.348. The van der Waals surface area contributed by atoms with Gasteiger partial charge in [0.05, 0.1) is 4.90 Å². The Morgan fingerprint density at radius 1 is 1.06 bits per heavy atom. The van der Waals surface area contributed by atoms with Gasteiger partial charge in [0.25, 0.3) is 0 Å². The van der Waals surface area contributed by atoms with Crippen molar-refractivity contribution in [3.8, 4) is 0 Å². The van der Waals surface area contributed by atoms with E-state index < -0.39 is 33.9 Å². The van der Waals surface area contributed by atoms with Crippen LogP contribution in [0.3, 0.4) is 0 Å². The molecule has 1 aliphatic rings. The van der Waals surface area contributed by atoms with Crippen molar-refractivity contribution in [3.63, 3.8) is 0 Å². The Morgan fingerprint density at radius 2 is 1.71 bits per heavy atom. The number of nitrogens with one attached hydrogen (secondary N) is 1. The van der Waals surface area contributed by atoms with Gasteiger partial charge in [-0.1, -0.05) is 60.2 Å². The maximum atomic E-state index is 12.8. The predicted molar refractivity (Wildman–Crippen MR) is 118 cm³/mol. The summed E-state index contributed by atoms with van der Waals surface area (Å²) in [6.45, 7) is 7.17. The molecular formula is C23H28N2O5S. The SMILES string of the molecule is Cc1ccc(S(=O)(=O)NC[C@H]2C=C[C@@H](c3ccccc3)N(C(=O)OC(C)(C)C)O2)cc1. The summed E-state index contributed by atoms with van der Waals surface area (Å²) in [7, 11) is -3.71. The molecule has 2 aromatic rings. The van der Waals surface area contributed by atoms with Crippen molar-refractivity contribution in [2.75, 3.05) is 6.54 Å². The molecule has 31 heavy (non-hydrogen) atoms. The van der Waals surface area contributed by atoms with Crippen molar-refractivity contribution < 1.29 is 22.8 Å². The van der Waals surface area contributed by atoms with Gasteiger partial charge in [-0.25, -0.2) is 17.9 Å². The van der Waals surface area contributed by atoms with E-state index in [1.165, 1.54) is 0 Å². The van der Waals surface area contributed by atoms with Crippen molar-refractivity contribution in [1.29, 1.82) is 0 Å². The maximum Gasteiger partial charge on any atom is 0.435 e. The highest BCUT2D eigenvalue weighted by atomic mass is 32.2. The number of hydroxylamine groups is 2. The third-order valence-electron chi connectivity index (χ3n) is 4.53. The second-order valence-corrected chi connectivity index (χ2v) is 10.1. The number of carbonyl (C=O) groups excluding carboxylic acids is 1. The van der Waals surface area contributed by atoms with Crippen LogP contribution in [0.5, 0.6) is 0 Å².